The van der Waals surface area contributed by atoms with Crippen LogP contribution in [0, 0.1) is 0 Å². The van der Waals surface area contributed by atoms with Gasteiger partial charge in [0.25, 0.3) is 5.78 Å². The Morgan fingerprint density at radius 1 is 1.26 bits per heavy atom. The fourth-order valence-corrected chi connectivity index (χ4v) is 2.66. The van der Waals surface area contributed by atoms with E-state index in [-0.39, 0.29) is 5.52 Å². The van der Waals surface area contributed by atoms with Crippen LogP contribution < -0.4 is 0 Å². The Hall–Kier alpha value is -1.93. The van der Waals surface area contributed by atoms with Gasteiger partial charge in [0, 0.05) is 32.3 Å². The standard InChI is InChI=1S/C15H16F3N3O2/c16-15(17,18)14(22)13-11-3-1-2-5-21(11)12(19-13)4-6-20-7-9-23-10-8-20/h1-3,5H,4,6-10H2. The van der Waals surface area contributed by atoms with Gasteiger partial charge < -0.3 is 9.14 Å². The Balaban J connectivity index is 1.87. The van der Waals surface area contributed by atoms with Gasteiger partial charge in [-0.25, -0.2) is 4.98 Å². The van der Waals surface area contributed by atoms with Crippen LogP contribution in [0.4, 0.5) is 13.2 Å². The molecule has 1 saturated heterocycles. The molecule has 0 N–H and O–H groups in total. The zero-order chi connectivity index (χ0) is 16.4. The van der Waals surface area contributed by atoms with E-state index in [4.69, 9.17) is 4.74 Å². The number of ether oxygens (including phenoxy) is 1. The monoisotopic (exact) mass is 327 g/mol. The van der Waals surface area contributed by atoms with E-state index in [9.17, 15) is 18.0 Å². The predicted octanol–water partition coefficient (Wildman–Crippen LogP) is 1.95. The molecule has 0 atom stereocenters. The molecular weight excluding hydrogens is 311 g/mol. The van der Waals surface area contributed by atoms with Gasteiger partial charge in [-0.2, -0.15) is 13.2 Å². The van der Waals surface area contributed by atoms with E-state index in [1.54, 1.807) is 22.7 Å². The Labute approximate surface area is 130 Å². The first-order valence-electron chi connectivity index (χ1n) is 7.34. The van der Waals surface area contributed by atoms with E-state index in [0.717, 1.165) is 13.1 Å². The molecule has 2 aromatic rings. The van der Waals surface area contributed by atoms with Crippen LogP contribution in [0.25, 0.3) is 5.52 Å². The average Bonchev–Trinajstić information content (AvgIpc) is 2.91. The lowest BCUT2D eigenvalue weighted by atomic mass is 10.2. The minimum atomic E-state index is -4.92. The topological polar surface area (TPSA) is 46.8 Å². The van der Waals surface area contributed by atoms with Crippen molar-refractivity contribution in [2.75, 3.05) is 32.8 Å². The van der Waals surface area contributed by atoms with Gasteiger partial charge in [0.2, 0.25) is 0 Å². The summed E-state index contributed by atoms with van der Waals surface area (Å²) in [7, 11) is 0. The highest BCUT2D eigenvalue weighted by atomic mass is 19.4. The molecule has 0 radical (unpaired) electrons. The molecular formula is C15H16F3N3O2. The van der Waals surface area contributed by atoms with Crippen LogP contribution in [-0.4, -0.2) is 59.1 Å². The van der Waals surface area contributed by atoms with Crippen molar-refractivity contribution in [3.8, 4) is 0 Å². The maximum atomic E-state index is 12.7. The highest BCUT2D eigenvalue weighted by molar-refractivity contribution is 6.04. The van der Waals surface area contributed by atoms with Gasteiger partial charge in [-0.1, -0.05) is 6.07 Å². The number of carbonyl (C=O) groups excluding carboxylic acids is 1. The fourth-order valence-electron chi connectivity index (χ4n) is 2.66. The van der Waals surface area contributed by atoms with E-state index >= 15 is 0 Å². The Morgan fingerprint density at radius 3 is 2.70 bits per heavy atom. The molecule has 3 heterocycles. The van der Waals surface area contributed by atoms with Crippen LogP contribution in [-0.2, 0) is 11.2 Å². The van der Waals surface area contributed by atoms with Crippen LogP contribution in [0.2, 0.25) is 0 Å². The molecule has 0 saturated carbocycles. The van der Waals surface area contributed by atoms with Crippen LogP contribution in [0.5, 0.6) is 0 Å². The fraction of sp³-hybridized carbons (Fsp3) is 0.467. The Kier molecular flexibility index (Phi) is 4.36. The number of alkyl halides is 3. The van der Waals surface area contributed by atoms with Crippen molar-refractivity contribution in [3.63, 3.8) is 0 Å². The number of pyridine rings is 1. The van der Waals surface area contributed by atoms with Gasteiger partial charge in [-0.05, 0) is 12.1 Å². The third kappa shape index (κ3) is 3.37. The Morgan fingerprint density at radius 2 is 2.00 bits per heavy atom. The largest absolute Gasteiger partial charge is 0.456 e. The minimum Gasteiger partial charge on any atom is -0.379 e. The molecule has 0 aliphatic carbocycles. The van der Waals surface area contributed by atoms with Gasteiger partial charge in [-0.15, -0.1) is 0 Å². The molecule has 1 aliphatic heterocycles. The number of carbonyl (C=O) groups is 1. The van der Waals surface area contributed by atoms with Gasteiger partial charge in [0.05, 0.1) is 18.7 Å². The van der Waals surface area contributed by atoms with Crippen molar-refractivity contribution in [1.29, 1.82) is 0 Å². The molecule has 3 rings (SSSR count). The number of morpholine rings is 1. The number of ketones is 1. The number of rotatable bonds is 4. The number of fused-ring (bicyclic) bond motifs is 1. The number of Topliss-reactive ketones (excluding diaryl/α,β-unsaturated/α-hetero) is 1. The molecule has 0 bridgehead atoms. The van der Waals surface area contributed by atoms with E-state index in [0.29, 0.717) is 32.0 Å². The summed E-state index contributed by atoms with van der Waals surface area (Å²) in [6.45, 7) is 3.55. The van der Waals surface area contributed by atoms with Crippen LogP contribution in [0.15, 0.2) is 24.4 Å². The zero-order valence-corrected chi connectivity index (χ0v) is 12.3. The molecule has 8 heteroatoms. The summed E-state index contributed by atoms with van der Waals surface area (Å²) in [6, 6.07) is 4.77. The second-order valence-corrected chi connectivity index (χ2v) is 5.36. The van der Waals surface area contributed by atoms with Crippen molar-refractivity contribution in [2.45, 2.75) is 12.6 Å². The van der Waals surface area contributed by atoms with Gasteiger partial charge in [0.1, 0.15) is 11.5 Å². The van der Waals surface area contributed by atoms with Crippen molar-refractivity contribution in [1.82, 2.24) is 14.3 Å². The lowest BCUT2D eigenvalue weighted by Crippen LogP contribution is -2.37. The molecule has 23 heavy (non-hydrogen) atoms. The van der Waals surface area contributed by atoms with Crippen molar-refractivity contribution >= 4 is 11.3 Å². The molecule has 0 spiro atoms. The third-order valence-electron chi connectivity index (χ3n) is 3.85. The van der Waals surface area contributed by atoms with E-state index in [1.807, 2.05) is 0 Å². The van der Waals surface area contributed by atoms with Crippen LogP contribution in [0.1, 0.15) is 16.3 Å². The lowest BCUT2D eigenvalue weighted by Gasteiger charge is -2.26. The van der Waals surface area contributed by atoms with Crippen molar-refractivity contribution < 1.29 is 22.7 Å². The Bertz CT molecular complexity index is 706. The van der Waals surface area contributed by atoms with Crippen molar-refractivity contribution in [2.24, 2.45) is 0 Å². The van der Waals surface area contributed by atoms with Gasteiger partial charge in [0.15, 0.2) is 0 Å². The first-order valence-corrected chi connectivity index (χ1v) is 7.34. The summed E-state index contributed by atoms with van der Waals surface area (Å²) in [5, 5.41) is 0. The molecule has 0 unspecified atom stereocenters. The number of hydrogen-bond acceptors (Lipinski definition) is 4. The van der Waals surface area contributed by atoms with Crippen molar-refractivity contribution in [3.05, 3.63) is 35.9 Å². The number of imidazole rings is 1. The molecule has 5 nitrogen and oxygen atoms in total. The summed E-state index contributed by atoms with van der Waals surface area (Å²) in [4.78, 5) is 17.7. The molecule has 0 aromatic carbocycles. The first kappa shape index (κ1) is 15.9. The highest BCUT2D eigenvalue weighted by Gasteiger charge is 2.42. The molecule has 2 aromatic heterocycles. The van der Waals surface area contributed by atoms with E-state index in [2.05, 4.69) is 9.88 Å². The summed E-state index contributed by atoms with van der Waals surface area (Å²) >= 11 is 0. The second-order valence-electron chi connectivity index (χ2n) is 5.36. The maximum absolute atomic E-state index is 12.7. The SMILES string of the molecule is O=C(c1nc(CCN2CCOCC2)n2ccccc12)C(F)(F)F. The molecule has 0 amide bonds. The quantitative estimate of drug-likeness (QED) is 0.806. The lowest BCUT2D eigenvalue weighted by molar-refractivity contribution is -0.0887. The summed E-state index contributed by atoms with van der Waals surface area (Å²) in [6.07, 6.45) is -2.83. The maximum Gasteiger partial charge on any atom is 0.456 e. The summed E-state index contributed by atoms with van der Waals surface area (Å²) in [5.74, 6) is -1.45. The molecule has 1 fully saturated rings. The second kappa shape index (κ2) is 6.29. The van der Waals surface area contributed by atoms with E-state index < -0.39 is 17.7 Å². The summed E-state index contributed by atoms with van der Waals surface area (Å²) in [5.41, 5.74) is -0.345. The van der Waals surface area contributed by atoms with Crippen LogP contribution >= 0.6 is 0 Å². The number of aromatic nitrogens is 2. The zero-order valence-electron chi connectivity index (χ0n) is 12.3. The third-order valence-corrected chi connectivity index (χ3v) is 3.85. The number of hydrogen-bond donors (Lipinski definition) is 0. The highest BCUT2D eigenvalue weighted by Crippen LogP contribution is 2.24. The normalized spacial score (nSPS) is 16.8. The smallest absolute Gasteiger partial charge is 0.379 e. The minimum absolute atomic E-state index is 0.187. The molecule has 1 aliphatic rings. The number of halogens is 3. The van der Waals surface area contributed by atoms with E-state index in [1.165, 1.54) is 6.07 Å². The first-order chi connectivity index (χ1) is 11.0. The van der Waals surface area contributed by atoms with Gasteiger partial charge in [-0.3, -0.25) is 9.69 Å². The number of nitrogens with zero attached hydrogens (tertiary/aromatic N) is 3. The predicted molar refractivity (Wildman–Crippen MR) is 76.5 cm³/mol. The summed E-state index contributed by atoms with van der Waals surface area (Å²) < 4.78 is 45.0. The van der Waals surface area contributed by atoms with Gasteiger partial charge >= 0.3 is 6.18 Å². The molecule has 124 valence electrons. The van der Waals surface area contributed by atoms with Crippen LogP contribution in [0.3, 0.4) is 0 Å². The average molecular weight is 327 g/mol.